The molecule has 0 spiro atoms. The van der Waals surface area contributed by atoms with Gasteiger partial charge in [0.15, 0.2) is 0 Å². The van der Waals surface area contributed by atoms with Crippen molar-refractivity contribution >= 4 is 29.1 Å². The van der Waals surface area contributed by atoms with Crippen LogP contribution in [0.3, 0.4) is 0 Å². The Morgan fingerprint density at radius 1 is 1.06 bits per heavy atom. The molecule has 1 heterocycles. The van der Waals surface area contributed by atoms with Crippen LogP contribution in [-0.4, -0.2) is 56.2 Å². The molecule has 1 amide bonds. The fourth-order valence-electron chi connectivity index (χ4n) is 3.96. The first-order chi connectivity index (χ1) is 15.9. The van der Waals surface area contributed by atoms with E-state index in [2.05, 4.69) is 0 Å². The number of Topliss-reactive ketones (excluding diaryl/α,β-unsaturated/α-hetero) is 1. The van der Waals surface area contributed by atoms with Gasteiger partial charge in [0.1, 0.15) is 17.3 Å². The average molecular weight is 474 g/mol. The van der Waals surface area contributed by atoms with E-state index in [9.17, 15) is 14.7 Å². The molecule has 0 saturated carbocycles. The zero-order valence-corrected chi connectivity index (χ0v) is 19.9. The maximum absolute atomic E-state index is 13.1. The molecule has 3 rings (SSSR count). The molecule has 2 aromatic rings. The molecule has 1 aliphatic rings. The summed E-state index contributed by atoms with van der Waals surface area (Å²) in [5, 5.41) is 11.5. The normalized spacial score (nSPS) is 17.5. The van der Waals surface area contributed by atoms with Crippen molar-refractivity contribution in [2.24, 2.45) is 0 Å². The highest BCUT2D eigenvalue weighted by Crippen LogP contribution is 2.43. The first-order valence-electron chi connectivity index (χ1n) is 10.7. The van der Waals surface area contributed by atoms with Crippen molar-refractivity contribution in [3.8, 4) is 11.5 Å². The lowest BCUT2D eigenvalue weighted by molar-refractivity contribution is -0.140. The molecule has 0 radical (unpaired) electrons. The van der Waals surface area contributed by atoms with Crippen LogP contribution in [-0.2, 0) is 20.7 Å². The lowest BCUT2D eigenvalue weighted by Crippen LogP contribution is -2.31. The number of amides is 1. The largest absolute Gasteiger partial charge is 0.507 e. The van der Waals surface area contributed by atoms with Crippen LogP contribution in [0.5, 0.6) is 11.5 Å². The molecule has 0 aromatic heterocycles. The first-order valence-corrected chi connectivity index (χ1v) is 11.0. The molecule has 1 aliphatic heterocycles. The zero-order valence-electron chi connectivity index (χ0n) is 19.2. The second-order valence-corrected chi connectivity index (χ2v) is 8.03. The van der Waals surface area contributed by atoms with E-state index in [4.69, 9.17) is 25.8 Å². The van der Waals surface area contributed by atoms with Crippen LogP contribution < -0.4 is 9.47 Å². The summed E-state index contributed by atoms with van der Waals surface area (Å²) >= 11 is 6.28. The van der Waals surface area contributed by atoms with Gasteiger partial charge in [-0.15, -0.1) is 0 Å². The summed E-state index contributed by atoms with van der Waals surface area (Å²) in [7, 11) is 4.48. The predicted octanol–water partition coefficient (Wildman–Crippen LogP) is 4.38. The van der Waals surface area contributed by atoms with Crippen molar-refractivity contribution in [2.45, 2.75) is 25.8 Å². The molecule has 1 fully saturated rings. The summed E-state index contributed by atoms with van der Waals surface area (Å²) in [5.41, 5.74) is 2.04. The van der Waals surface area contributed by atoms with Crippen LogP contribution in [0.15, 0.2) is 42.0 Å². The lowest BCUT2D eigenvalue weighted by Gasteiger charge is -2.25. The summed E-state index contributed by atoms with van der Waals surface area (Å²) in [4.78, 5) is 27.6. The van der Waals surface area contributed by atoms with Crippen LogP contribution in [0.25, 0.3) is 5.76 Å². The van der Waals surface area contributed by atoms with Gasteiger partial charge in [-0.2, -0.15) is 0 Å². The Morgan fingerprint density at radius 2 is 1.73 bits per heavy atom. The minimum absolute atomic E-state index is 0.0128. The lowest BCUT2D eigenvalue weighted by atomic mass is 9.94. The van der Waals surface area contributed by atoms with Crippen LogP contribution in [0, 0.1) is 0 Å². The molecule has 176 valence electrons. The Kier molecular flexibility index (Phi) is 8.00. The molecule has 1 unspecified atom stereocenters. The smallest absolute Gasteiger partial charge is 0.295 e. The number of hydrogen-bond acceptors (Lipinski definition) is 6. The molecular weight excluding hydrogens is 446 g/mol. The minimum Gasteiger partial charge on any atom is -0.507 e. The van der Waals surface area contributed by atoms with Crippen molar-refractivity contribution in [1.82, 2.24) is 4.90 Å². The van der Waals surface area contributed by atoms with Crippen molar-refractivity contribution in [3.63, 3.8) is 0 Å². The summed E-state index contributed by atoms with van der Waals surface area (Å²) in [6.07, 6.45) is 1.40. The van der Waals surface area contributed by atoms with Gasteiger partial charge in [-0.1, -0.05) is 42.8 Å². The molecule has 2 aromatic carbocycles. The van der Waals surface area contributed by atoms with Crippen LogP contribution in [0.4, 0.5) is 0 Å². The average Bonchev–Trinajstić information content (AvgIpc) is 3.08. The molecule has 8 heteroatoms. The van der Waals surface area contributed by atoms with E-state index < -0.39 is 17.7 Å². The van der Waals surface area contributed by atoms with Gasteiger partial charge in [0.05, 0.1) is 36.4 Å². The number of carbonyl (C=O) groups excluding carboxylic acids is 2. The second kappa shape index (κ2) is 10.7. The number of aliphatic hydroxyl groups is 1. The van der Waals surface area contributed by atoms with Crippen LogP contribution >= 0.6 is 11.6 Å². The van der Waals surface area contributed by atoms with Gasteiger partial charge in [0.25, 0.3) is 11.7 Å². The highest BCUT2D eigenvalue weighted by Gasteiger charge is 2.46. The van der Waals surface area contributed by atoms with E-state index in [0.29, 0.717) is 25.3 Å². The quantitative estimate of drug-likeness (QED) is 0.252. The first kappa shape index (κ1) is 24.6. The van der Waals surface area contributed by atoms with E-state index in [1.54, 1.807) is 7.11 Å². The van der Waals surface area contributed by atoms with Crippen molar-refractivity contribution < 1.29 is 28.9 Å². The van der Waals surface area contributed by atoms with E-state index in [0.717, 1.165) is 17.5 Å². The Balaban J connectivity index is 2.19. The molecular formula is C25H28ClNO6. The van der Waals surface area contributed by atoms with Crippen molar-refractivity contribution in [1.29, 1.82) is 0 Å². The number of halogens is 1. The molecule has 1 saturated heterocycles. The Hall–Kier alpha value is -3.03. The number of benzene rings is 2. The number of likely N-dealkylation sites (tertiary alicyclic amines) is 1. The molecule has 7 nitrogen and oxygen atoms in total. The molecule has 0 aliphatic carbocycles. The molecule has 1 atom stereocenters. The second-order valence-electron chi connectivity index (χ2n) is 7.62. The van der Waals surface area contributed by atoms with Gasteiger partial charge >= 0.3 is 0 Å². The third-order valence-corrected chi connectivity index (χ3v) is 6.02. The van der Waals surface area contributed by atoms with Crippen molar-refractivity contribution in [3.05, 3.63) is 63.7 Å². The van der Waals surface area contributed by atoms with Gasteiger partial charge in [0.2, 0.25) is 0 Å². The summed E-state index contributed by atoms with van der Waals surface area (Å²) in [6.45, 7) is 2.79. The number of hydrogen-bond donors (Lipinski definition) is 1. The van der Waals surface area contributed by atoms with Gasteiger partial charge in [0, 0.05) is 26.3 Å². The predicted molar refractivity (Wildman–Crippen MR) is 126 cm³/mol. The SMILES string of the molecule is CCc1ccc(C2/C(=C(\O)c3cc(Cl)c(OC)cc3OC)C(=O)C(=O)N2CCCOC)cc1. The zero-order chi connectivity index (χ0) is 24.1. The highest BCUT2D eigenvalue weighted by molar-refractivity contribution is 6.46. The number of aryl methyl sites for hydroxylation is 1. The Bertz CT molecular complexity index is 1060. The van der Waals surface area contributed by atoms with E-state index >= 15 is 0 Å². The summed E-state index contributed by atoms with van der Waals surface area (Å²) in [6, 6.07) is 9.90. The number of aliphatic hydroxyl groups excluding tert-OH is 1. The van der Waals surface area contributed by atoms with Crippen molar-refractivity contribution in [2.75, 3.05) is 34.5 Å². The number of methoxy groups -OCH3 is 3. The summed E-state index contributed by atoms with van der Waals surface area (Å²) in [5.74, 6) is -1.16. The topological polar surface area (TPSA) is 85.3 Å². The molecule has 0 bridgehead atoms. The van der Waals surface area contributed by atoms with E-state index in [1.807, 2.05) is 31.2 Å². The fraction of sp³-hybridized carbons (Fsp3) is 0.360. The number of carbonyl (C=O) groups is 2. The van der Waals surface area contributed by atoms with Crippen LogP contribution in [0.1, 0.15) is 36.1 Å². The minimum atomic E-state index is -0.761. The van der Waals surface area contributed by atoms with E-state index in [1.165, 1.54) is 31.3 Å². The summed E-state index contributed by atoms with van der Waals surface area (Å²) < 4.78 is 15.7. The van der Waals surface area contributed by atoms with Crippen LogP contribution in [0.2, 0.25) is 5.02 Å². The van der Waals surface area contributed by atoms with Gasteiger partial charge in [-0.3, -0.25) is 9.59 Å². The maximum Gasteiger partial charge on any atom is 0.295 e. The standard InChI is InChI=1S/C25H28ClNO6/c1-5-15-7-9-16(10-8-15)22-21(24(29)25(30)27(22)11-6-12-31-2)23(28)17-13-18(26)20(33-4)14-19(17)32-3/h7-10,13-14,22,28H,5-6,11-12H2,1-4H3/b23-21+. The third-order valence-electron chi connectivity index (χ3n) is 5.72. The number of nitrogens with zero attached hydrogens (tertiary/aromatic N) is 1. The molecule has 1 N–H and O–H groups in total. The number of rotatable bonds is 9. The monoisotopic (exact) mass is 473 g/mol. The Labute approximate surface area is 198 Å². The van der Waals surface area contributed by atoms with Gasteiger partial charge in [-0.05, 0) is 30.0 Å². The maximum atomic E-state index is 13.1. The van der Waals surface area contributed by atoms with Gasteiger partial charge < -0.3 is 24.2 Å². The molecule has 33 heavy (non-hydrogen) atoms. The fourth-order valence-corrected chi connectivity index (χ4v) is 4.20. The number of ether oxygens (including phenoxy) is 3. The van der Waals surface area contributed by atoms with E-state index in [-0.39, 0.29) is 27.7 Å². The highest BCUT2D eigenvalue weighted by atomic mass is 35.5. The van der Waals surface area contributed by atoms with Gasteiger partial charge in [-0.25, -0.2) is 0 Å². The third kappa shape index (κ3) is 4.84. The Morgan fingerprint density at radius 3 is 2.30 bits per heavy atom. The number of ketones is 1.